The van der Waals surface area contributed by atoms with Crippen LogP contribution < -0.4 is 15.4 Å². The van der Waals surface area contributed by atoms with Gasteiger partial charge in [-0.05, 0) is 30.3 Å². The van der Waals surface area contributed by atoms with Crippen molar-refractivity contribution in [2.75, 3.05) is 46.4 Å². The molecule has 0 saturated carbocycles. The second-order valence-corrected chi connectivity index (χ2v) is 9.23. The first-order chi connectivity index (χ1) is 17.3. The number of rotatable bonds is 6. The highest BCUT2D eigenvalue weighted by Crippen LogP contribution is 2.32. The summed E-state index contributed by atoms with van der Waals surface area (Å²) in [4.78, 5) is 48.8. The number of urea groups is 1. The van der Waals surface area contributed by atoms with Gasteiger partial charge >= 0.3 is 6.03 Å². The molecule has 36 heavy (non-hydrogen) atoms. The van der Waals surface area contributed by atoms with E-state index in [0.29, 0.717) is 34.8 Å². The Morgan fingerprint density at radius 2 is 1.92 bits per heavy atom. The number of aromatic nitrogens is 1. The number of amidine groups is 1. The Balaban J connectivity index is 1.43. The summed E-state index contributed by atoms with van der Waals surface area (Å²) in [5, 5.41) is 13.8. The predicted octanol–water partition coefficient (Wildman–Crippen LogP) is 0.744. The minimum atomic E-state index is -1.52. The number of pyridine rings is 1. The molecule has 2 saturated heterocycles. The zero-order valence-corrected chi connectivity index (χ0v) is 20.3. The quantitative estimate of drug-likeness (QED) is 0.309. The van der Waals surface area contributed by atoms with Crippen molar-refractivity contribution in [3.63, 3.8) is 0 Å². The summed E-state index contributed by atoms with van der Waals surface area (Å²) >= 11 is 0. The van der Waals surface area contributed by atoms with E-state index in [4.69, 9.17) is 10.1 Å². The lowest BCUT2D eigenvalue weighted by Gasteiger charge is -2.36. The Kier molecular flexibility index (Phi) is 6.09. The normalized spacial score (nSPS) is 21.9. The number of amides is 4. The maximum absolute atomic E-state index is 13.2. The lowest BCUT2D eigenvalue weighted by Crippen LogP contribution is -2.53. The molecule has 4 heterocycles. The summed E-state index contributed by atoms with van der Waals surface area (Å²) in [6, 6.07) is 6.37. The summed E-state index contributed by atoms with van der Waals surface area (Å²) in [5.41, 5.74) is 0.770. The Labute approximate surface area is 208 Å². The molecule has 11 heteroatoms. The predicted molar refractivity (Wildman–Crippen MR) is 131 cm³/mol. The van der Waals surface area contributed by atoms with Crippen LogP contribution in [-0.4, -0.2) is 89.7 Å². The molecular formula is C25H29N7O4. The van der Waals surface area contributed by atoms with Crippen LogP contribution in [0, 0.1) is 5.41 Å². The molecule has 0 unspecified atom stereocenters. The Morgan fingerprint density at radius 1 is 1.14 bits per heavy atom. The first-order valence-electron chi connectivity index (χ1n) is 12.0. The Hall–Kier alpha value is -3.99. The van der Waals surface area contributed by atoms with Gasteiger partial charge in [-0.15, -0.1) is 0 Å². The van der Waals surface area contributed by atoms with E-state index in [2.05, 4.69) is 27.4 Å². The van der Waals surface area contributed by atoms with Crippen LogP contribution in [0.15, 0.2) is 36.7 Å². The fraction of sp³-hybridized carbons (Fsp3) is 0.400. The summed E-state index contributed by atoms with van der Waals surface area (Å²) < 4.78 is 5.25. The molecule has 2 fully saturated rings. The van der Waals surface area contributed by atoms with Gasteiger partial charge in [-0.1, -0.05) is 13.0 Å². The van der Waals surface area contributed by atoms with Crippen molar-refractivity contribution >= 4 is 23.7 Å². The molecule has 3 N–H and O–H groups in total. The maximum Gasteiger partial charge on any atom is 0.322 e. The number of nitrogens with one attached hydrogen (secondary N) is 3. The number of hydrogen-bond acceptors (Lipinski definition) is 7. The van der Waals surface area contributed by atoms with Crippen LogP contribution in [0.4, 0.5) is 4.79 Å². The number of carbonyl (C=O) groups is 3. The molecule has 1 aromatic heterocycles. The summed E-state index contributed by atoms with van der Waals surface area (Å²) in [6.45, 7) is 6.51. The second kappa shape index (κ2) is 9.23. The molecule has 188 valence electrons. The lowest BCUT2D eigenvalue weighted by molar-refractivity contribution is -0.124. The zero-order chi connectivity index (χ0) is 25.4. The number of imide groups is 1. The first kappa shape index (κ1) is 23.7. The van der Waals surface area contributed by atoms with Crippen molar-refractivity contribution in [2.24, 2.45) is 0 Å². The topological polar surface area (TPSA) is 131 Å². The van der Waals surface area contributed by atoms with E-state index in [1.807, 2.05) is 11.0 Å². The van der Waals surface area contributed by atoms with Crippen LogP contribution >= 0.6 is 0 Å². The lowest BCUT2D eigenvalue weighted by atomic mass is 9.89. The van der Waals surface area contributed by atoms with E-state index in [9.17, 15) is 14.4 Å². The highest BCUT2D eigenvalue weighted by Gasteiger charge is 2.51. The van der Waals surface area contributed by atoms with Gasteiger partial charge < -0.3 is 24.8 Å². The van der Waals surface area contributed by atoms with Crippen LogP contribution in [0.25, 0.3) is 0 Å². The number of carbonyl (C=O) groups excluding carboxylic acids is 3. The molecule has 0 bridgehead atoms. The van der Waals surface area contributed by atoms with Crippen molar-refractivity contribution in [1.29, 1.82) is 5.41 Å². The van der Waals surface area contributed by atoms with E-state index in [-0.39, 0.29) is 12.5 Å². The molecule has 5 rings (SSSR count). The van der Waals surface area contributed by atoms with Gasteiger partial charge in [0, 0.05) is 61.8 Å². The van der Waals surface area contributed by atoms with E-state index < -0.39 is 17.5 Å². The first-order valence-corrected chi connectivity index (χ1v) is 12.0. The number of hydrogen-bond donors (Lipinski definition) is 3. The number of fused-ring (bicyclic) bond motifs is 1. The smallest absolute Gasteiger partial charge is 0.322 e. The van der Waals surface area contributed by atoms with Crippen LogP contribution in [0.2, 0.25) is 0 Å². The number of ether oxygens (including phenoxy) is 1. The molecule has 2 aromatic rings. The van der Waals surface area contributed by atoms with E-state index in [1.54, 1.807) is 24.4 Å². The largest absolute Gasteiger partial charge is 0.497 e. The molecular weight excluding hydrogens is 462 g/mol. The zero-order valence-electron chi connectivity index (χ0n) is 20.3. The number of nitrogens with zero attached hydrogens (tertiary/aromatic N) is 4. The molecule has 4 amide bonds. The highest BCUT2D eigenvalue weighted by atomic mass is 16.5. The van der Waals surface area contributed by atoms with Gasteiger partial charge in [0.2, 0.25) is 0 Å². The van der Waals surface area contributed by atoms with Gasteiger partial charge in [-0.25, -0.2) is 4.79 Å². The third-order valence-electron chi connectivity index (χ3n) is 7.21. The van der Waals surface area contributed by atoms with Gasteiger partial charge in [0.25, 0.3) is 11.8 Å². The molecule has 1 aromatic carbocycles. The highest BCUT2D eigenvalue weighted by molar-refractivity contribution is 6.08. The molecule has 0 spiro atoms. The monoisotopic (exact) mass is 491 g/mol. The molecule has 11 nitrogen and oxygen atoms in total. The maximum atomic E-state index is 13.2. The average molecular weight is 492 g/mol. The van der Waals surface area contributed by atoms with E-state index >= 15 is 0 Å². The second-order valence-electron chi connectivity index (χ2n) is 9.23. The summed E-state index contributed by atoms with van der Waals surface area (Å²) in [6.07, 6.45) is 3.09. The van der Waals surface area contributed by atoms with Crippen molar-refractivity contribution < 1.29 is 19.1 Å². The Morgan fingerprint density at radius 3 is 2.58 bits per heavy atom. The summed E-state index contributed by atoms with van der Waals surface area (Å²) in [5.74, 6) is 0.0799. The van der Waals surface area contributed by atoms with Gasteiger partial charge in [0.05, 0.1) is 13.7 Å². The van der Waals surface area contributed by atoms with E-state index in [1.165, 1.54) is 18.2 Å². The van der Waals surface area contributed by atoms with Crippen LogP contribution in [0.1, 0.15) is 34.0 Å². The summed E-state index contributed by atoms with van der Waals surface area (Å²) in [7, 11) is 1.54. The van der Waals surface area contributed by atoms with Crippen LogP contribution in [0.3, 0.4) is 0 Å². The van der Waals surface area contributed by atoms with Gasteiger partial charge in [-0.3, -0.25) is 25.3 Å². The van der Waals surface area contributed by atoms with Crippen molar-refractivity contribution in [1.82, 2.24) is 30.3 Å². The minimum Gasteiger partial charge on any atom is -0.497 e. The minimum absolute atomic E-state index is 0.0754. The number of likely N-dealkylation sites (N-methyl/N-ethyl adjacent to an activating group) is 1. The molecule has 1 atom stereocenters. The average Bonchev–Trinajstić information content (AvgIpc) is 3.37. The van der Waals surface area contributed by atoms with Crippen molar-refractivity contribution in [3.8, 4) is 5.75 Å². The van der Waals surface area contributed by atoms with Crippen molar-refractivity contribution in [2.45, 2.75) is 19.0 Å². The fourth-order valence-corrected chi connectivity index (χ4v) is 5.05. The van der Waals surface area contributed by atoms with Crippen molar-refractivity contribution in [3.05, 3.63) is 58.9 Å². The van der Waals surface area contributed by atoms with Crippen LogP contribution in [0.5, 0.6) is 5.75 Å². The molecule has 0 radical (unpaired) electrons. The SMILES string of the molecule is CCN1CCN(C(=N)c2cncc([C@]3(CN4Cc5ccc(OC)cc5C4=O)NC(=O)NC3=O)c2)CC1. The molecule has 3 aliphatic rings. The number of methoxy groups -OCH3 is 1. The van der Waals surface area contributed by atoms with E-state index in [0.717, 1.165) is 38.3 Å². The van der Waals surface area contributed by atoms with Gasteiger partial charge in [-0.2, -0.15) is 0 Å². The number of piperazine rings is 1. The van der Waals surface area contributed by atoms with Gasteiger partial charge in [0.1, 0.15) is 11.6 Å². The van der Waals surface area contributed by atoms with Crippen LogP contribution in [-0.2, 0) is 16.9 Å². The standard InChI is InChI=1S/C25H29N7O4/c1-3-30-6-8-31(9-7-30)21(26)17-10-18(13-27-12-17)25(23(34)28-24(35)29-25)15-32-14-16-4-5-19(36-2)11-20(16)22(32)33/h4-5,10-13,26H,3,6-9,14-15H2,1-2H3,(H2,28,29,34,35)/t25-/m0/s1. The number of benzene rings is 1. The fourth-order valence-electron chi connectivity index (χ4n) is 5.05. The van der Waals surface area contributed by atoms with Gasteiger partial charge in [0.15, 0.2) is 5.54 Å². The third-order valence-corrected chi connectivity index (χ3v) is 7.21. The molecule has 3 aliphatic heterocycles. The third kappa shape index (κ3) is 4.05. The molecule has 0 aliphatic carbocycles. The Bertz CT molecular complexity index is 1240.